The van der Waals surface area contributed by atoms with E-state index in [1.54, 1.807) is 18.2 Å². The van der Waals surface area contributed by atoms with Gasteiger partial charge in [0.15, 0.2) is 0 Å². The van der Waals surface area contributed by atoms with E-state index in [0.717, 1.165) is 35.8 Å². The molecule has 0 atom stereocenters. The van der Waals surface area contributed by atoms with Crippen molar-refractivity contribution < 1.29 is 23.1 Å². The van der Waals surface area contributed by atoms with Crippen LogP contribution in [0.4, 0.5) is 18.9 Å². The number of aromatic carboxylic acids is 1. The first kappa shape index (κ1) is 21.4. The van der Waals surface area contributed by atoms with E-state index in [1.807, 2.05) is 24.3 Å². The molecule has 1 aliphatic heterocycles. The SMILES string of the molecule is N=C(N)c1ccc2c(c1)CCN2Cc1ccccc1-c1ccc(C(F)(F)F)cc1C(=O)O. The van der Waals surface area contributed by atoms with Gasteiger partial charge in [0.2, 0.25) is 0 Å². The number of nitrogens with one attached hydrogen (secondary N) is 1. The molecule has 3 aromatic rings. The third-order valence-corrected chi connectivity index (χ3v) is 5.63. The number of rotatable bonds is 5. The lowest BCUT2D eigenvalue weighted by Gasteiger charge is -2.22. The number of carboxylic acid groups (broad SMARTS) is 1. The molecule has 0 saturated carbocycles. The number of nitrogens with two attached hydrogens (primary N) is 1. The number of benzene rings is 3. The minimum absolute atomic E-state index is 0.0000920. The molecule has 1 heterocycles. The van der Waals surface area contributed by atoms with Crippen molar-refractivity contribution >= 4 is 17.5 Å². The number of alkyl halides is 3. The second kappa shape index (κ2) is 8.03. The first-order chi connectivity index (χ1) is 15.1. The van der Waals surface area contributed by atoms with Crippen LogP contribution in [0.2, 0.25) is 0 Å². The summed E-state index contributed by atoms with van der Waals surface area (Å²) in [4.78, 5) is 13.9. The minimum Gasteiger partial charge on any atom is -0.478 e. The lowest BCUT2D eigenvalue weighted by molar-refractivity contribution is -0.137. The Hall–Kier alpha value is -3.81. The van der Waals surface area contributed by atoms with E-state index in [9.17, 15) is 23.1 Å². The Morgan fingerprint density at radius 1 is 1.06 bits per heavy atom. The number of hydrogen-bond donors (Lipinski definition) is 3. The molecule has 0 amide bonds. The number of halogens is 3. The highest BCUT2D eigenvalue weighted by atomic mass is 19.4. The predicted octanol–water partition coefficient (Wildman–Crippen LogP) is 4.92. The van der Waals surface area contributed by atoms with Gasteiger partial charge < -0.3 is 15.7 Å². The maximum Gasteiger partial charge on any atom is 0.416 e. The van der Waals surface area contributed by atoms with Crippen LogP contribution in [-0.2, 0) is 19.1 Å². The summed E-state index contributed by atoms with van der Waals surface area (Å²) >= 11 is 0. The third kappa shape index (κ3) is 4.03. The van der Waals surface area contributed by atoms with E-state index in [-0.39, 0.29) is 17.0 Å². The second-order valence-corrected chi connectivity index (χ2v) is 7.65. The molecule has 0 unspecified atom stereocenters. The zero-order valence-electron chi connectivity index (χ0n) is 16.9. The lowest BCUT2D eigenvalue weighted by Crippen LogP contribution is -2.20. The van der Waals surface area contributed by atoms with Crippen LogP contribution in [0.5, 0.6) is 0 Å². The normalized spacial score (nSPS) is 13.2. The van der Waals surface area contributed by atoms with Crippen molar-refractivity contribution in [2.75, 3.05) is 11.4 Å². The third-order valence-electron chi connectivity index (χ3n) is 5.63. The highest BCUT2D eigenvalue weighted by Crippen LogP contribution is 2.36. The van der Waals surface area contributed by atoms with Crippen LogP contribution < -0.4 is 10.6 Å². The van der Waals surface area contributed by atoms with Gasteiger partial charge >= 0.3 is 12.1 Å². The van der Waals surface area contributed by atoms with Gasteiger partial charge in [0.1, 0.15) is 5.84 Å². The monoisotopic (exact) mass is 439 g/mol. The molecule has 3 aromatic carbocycles. The van der Waals surface area contributed by atoms with Gasteiger partial charge in [-0.05, 0) is 59.0 Å². The number of carbonyl (C=O) groups is 1. The van der Waals surface area contributed by atoms with Crippen molar-refractivity contribution in [3.05, 3.63) is 88.5 Å². The molecule has 0 aromatic heterocycles. The average molecular weight is 439 g/mol. The summed E-state index contributed by atoms with van der Waals surface area (Å²) in [6.45, 7) is 1.19. The van der Waals surface area contributed by atoms with E-state index >= 15 is 0 Å². The Bertz CT molecular complexity index is 1220. The zero-order chi connectivity index (χ0) is 23.0. The summed E-state index contributed by atoms with van der Waals surface area (Å²) in [5.74, 6) is -1.41. The van der Waals surface area contributed by atoms with Crippen LogP contribution in [0.1, 0.15) is 32.6 Å². The van der Waals surface area contributed by atoms with Crippen LogP contribution in [0, 0.1) is 5.41 Å². The zero-order valence-corrected chi connectivity index (χ0v) is 16.9. The van der Waals surface area contributed by atoms with Crippen molar-refractivity contribution in [3.63, 3.8) is 0 Å². The summed E-state index contributed by atoms with van der Waals surface area (Å²) in [6, 6.07) is 15.5. The van der Waals surface area contributed by atoms with Gasteiger partial charge in [-0.1, -0.05) is 30.3 Å². The van der Waals surface area contributed by atoms with Crippen LogP contribution in [-0.4, -0.2) is 23.5 Å². The topological polar surface area (TPSA) is 90.4 Å². The number of nitrogens with zero attached hydrogens (tertiary/aromatic N) is 1. The highest BCUT2D eigenvalue weighted by molar-refractivity contribution is 5.97. The second-order valence-electron chi connectivity index (χ2n) is 7.65. The lowest BCUT2D eigenvalue weighted by atomic mass is 9.93. The molecular weight excluding hydrogens is 419 g/mol. The molecule has 0 radical (unpaired) electrons. The van der Waals surface area contributed by atoms with Gasteiger partial charge in [-0.15, -0.1) is 0 Å². The molecule has 0 aliphatic carbocycles. The summed E-state index contributed by atoms with van der Waals surface area (Å²) in [5, 5.41) is 17.2. The fourth-order valence-electron chi connectivity index (χ4n) is 4.06. The van der Waals surface area contributed by atoms with Crippen molar-refractivity contribution in [2.45, 2.75) is 19.1 Å². The van der Waals surface area contributed by atoms with Crippen molar-refractivity contribution in [1.82, 2.24) is 0 Å². The van der Waals surface area contributed by atoms with Crippen LogP contribution >= 0.6 is 0 Å². The predicted molar refractivity (Wildman–Crippen MR) is 116 cm³/mol. The molecule has 0 spiro atoms. The van der Waals surface area contributed by atoms with E-state index in [4.69, 9.17) is 11.1 Å². The number of carboxylic acids is 1. The van der Waals surface area contributed by atoms with Crippen molar-refractivity contribution in [3.8, 4) is 11.1 Å². The Morgan fingerprint density at radius 2 is 1.81 bits per heavy atom. The first-order valence-corrected chi connectivity index (χ1v) is 9.90. The number of anilines is 1. The standard InChI is InChI=1S/C24H20F3N3O2/c25-24(26,27)17-6-7-19(20(12-17)23(31)32)18-4-2-1-3-16(18)13-30-10-9-14-11-15(22(28)29)5-8-21(14)30/h1-8,11-12H,9-10,13H2,(H3,28,29)(H,31,32). The Labute approximate surface area is 182 Å². The van der Waals surface area contributed by atoms with Gasteiger partial charge in [0.05, 0.1) is 11.1 Å². The fourth-order valence-corrected chi connectivity index (χ4v) is 4.06. The maximum atomic E-state index is 13.1. The van der Waals surface area contributed by atoms with E-state index in [0.29, 0.717) is 23.7 Å². The van der Waals surface area contributed by atoms with Crippen molar-refractivity contribution in [1.29, 1.82) is 5.41 Å². The molecule has 0 saturated heterocycles. The van der Waals surface area contributed by atoms with Gasteiger partial charge in [-0.25, -0.2) is 4.79 Å². The molecular formula is C24H20F3N3O2. The van der Waals surface area contributed by atoms with Gasteiger partial charge in [0.25, 0.3) is 0 Å². The smallest absolute Gasteiger partial charge is 0.416 e. The molecule has 4 rings (SSSR count). The first-order valence-electron chi connectivity index (χ1n) is 9.90. The quantitative estimate of drug-likeness (QED) is 0.389. The summed E-state index contributed by atoms with van der Waals surface area (Å²) in [5.41, 5.74) is 8.53. The maximum absolute atomic E-state index is 13.1. The average Bonchev–Trinajstić information content (AvgIpc) is 3.15. The molecule has 0 fully saturated rings. The highest BCUT2D eigenvalue weighted by Gasteiger charge is 2.32. The molecule has 0 bridgehead atoms. The number of nitrogen functional groups attached to an aromatic ring is 1. The van der Waals surface area contributed by atoms with Crippen molar-refractivity contribution in [2.24, 2.45) is 5.73 Å². The fraction of sp³-hybridized carbons (Fsp3) is 0.167. The molecule has 1 aliphatic rings. The van der Waals surface area contributed by atoms with Gasteiger partial charge in [0, 0.05) is 24.3 Å². The molecule has 5 nitrogen and oxygen atoms in total. The molecule has 164 valence electrons. The molecule has 32 heavy (non-hydrogen) atoms. The summed E-state index contributed by atoms with van der Waals surface area (Å²) in [6.07, 6.45) is -3.85. The summed E-state index contributed by atoms with van der Waals surface area (Å²) in [7, 11) is 0. The Kier molecular flexibility index (Phi) is 5.38. The van der Waals surface area contributed by atoms with Crippen LogP contribution in [0.25, 0.3) is 11.1 Å². The van der Waals surface area contributed by atoms with Crippen LogP contribution in [0.3, 0.4) is 0 Å². The van der Waals surface area contributed by atoms with Crippen LogP contribution in [0.15, 0.2) is 60.7 Å². The molecule has 4 N–H and O–H groups in total. The van der Waals surface area contributed by atoms with Gasteiger partial charge in [-0.2, -0.15) is 13.2 Å². The minimum atomic E-state index is -4.62. The molecule has 8 heteroatoms. The Balaban J connectivity index is 1.72. The summed E-state index contributed by atoms with van der Waals surface area (Å²) < 4.78 is 39.3. The van der Waals surface area contributed by atoms with E-state index in [2.05, 4.69) is 4.90 Å². The largest absolute Gasteiger partial charge is 0.478 e. The van der Waals surface area contributed by atoms with E-state index in [1.165, 1.54) is 6.07 Å². The number of hydrogen-bond acceptors (Lipinski definition) is 3. The Morgan fingerprint density at radius 3 is 2.50 bits per heavy atom. The number of fused-ring (bicyclic) bond motifs is 1. The number of amidine groups is 1. The van der Waals surface area contributed by atoms with Gasteiger partial charge in [-0.3, -0.25) is 5.41 Å². The van der Waals surface area contributed by atoms with E-state index < -0.39 is 17.7 Å².